The lowest BCUT2D eigenvalue weighted by molar-refractivity contribution is -0.136. The fourth-order valence-corrected chi connectivity index (χ4v) is 0.126. The number of rotatable bonds is 3. The number of carboxylic acids is 2. The van der Waals surface area contributed by atoms with Gasteiger partial charge in [0.2, 0.25) is 0 Å². The van der Waals surface area contributed by atoms with Crippen LogP contribution in [-0.2, 0) is 14.3 Å². The highest BCUT2D eigenvalue weighted by Crippen LogP contribution is 1.69. The minimum atomic E-state index is -0.998. The lowest BCUT2D eigenvalue weighted by atomic mass is 10.5. The Bertz CT molecular complexity index is 161. The van der Waals surface area contributed by atoms with Crippen LogP contribution in [0.15, 0.2) is 12.3 Å². The zero-order valence-electron chi connectivity index (χ0n) is 6.98. The van der Waals surface area contributed by atoms with Gasteiger partial charge in [-0.2, -0.15) is 0 Å². The predicted molar refractivity (Wildman–Crippen MR) is 41.7 cm³/mol. The van der Waals surface area contributed by atoms with E-state index in [9.17, 15) is 9.59 Å². The van der Waals surface area contributed by atoms with Crippen LogP contribution < -0.4 is 0 Å². The third kappa shape index (κ3) is 23.6. The van der Waals surface area contributed by atoms with E-state index >= 15 is 0 Å². The van der Waals surface area contributed by atoms with Gasteiger partial charge in [0.15, 0.2) is 0 Å². The number of hydrogen-bond acceptors (Lipinski definition) is 3. The van der Waals surface area contributed by atoms with Gasteiger partial charge < -0.3 is 14.9 Å². The second-order valence-corrected chi connectivity index (χ2v) is 1.62. The van der Waals surface area contributed by atoms with Crippen molar-refractivity contribution in [2.24, 2.45) is 0 Å². The van der Waals surface area contributed by atoms with E-state index in [0.29, 0.717) is 0 Å². The van der Waals surface area contributed by atoms with Gasteiger partial charge in [-0.3, -0.25) is 4.79 Å². The van der Waals surface area contributed by atoms with E-state index in [0.717, 1.165) is 12.3 Å². The first-order valence-electron chi connectivity index (χ1n) is 3.18. The van der Waals surface area contributed by atoms with Gasteiger partial charge in [0.1, 0.15) is 0 Å². The molecular weight excluding hydrogens is 164 g/mol. The second kappa shape index (κ2) is 9.48. The van der Waals surface area contributed by atoms with E-state index in [2.05, 4.69) is 4.74 Å². The monoisotopic (exact) mass is 176 g/mol. The van der Waals surface area contributed by atoms with E-state index in [4.69, 9.17) is 10.2 Å². The molecule has 0 fully saturated rings. The van der Waals surface area contributed by atoms with Gasteiger partial charge in [-0.25, -0.2) is 4.79 Å². The van der Waals surface area contributed by atoms with E-state index in [1.807, 2.05) is 0 Å². The van der Waals surface area contributed by atoms with Crippen molar-refractivity contribution in [3.8, 4) is 0 Å². The average Bonchev–Trinajstić information content (AvgIpc) is 2.02. The SMILES string of the molecule is CCC(=O)O.COC=CC(=O)O. The first-order valence-corrected chi connectivity index (χ1v) is 3.18. The van der Waals surface area contributed by atoms with E-state index in [1.54, 1.807) is 6.92 Å². The predicted octanol–water partition coefficient (Wildman–Crippen LogP) is 0.712. The van der Waals surface area contributed by atoms with Gasteiger partial charge in [-0.15, -0.1) is 0 Å². The summed E-state index contributed by atoms with van der Waals surface area (Å²) in [7, 11) is 1.39. The number of methoxy groups -OCH3 is 1. The molecule has 0 saturated carbocycles. The van der Waals surface area contributed by atoms with Crippen molar-refractivity contribution in [1.82, 2.24) is 0 Å². The van der Waals surface area contributed by atoms with Crippen LogP contribution >= 0.6 is 0 Å². The van der Waals surface area contributed by atoms with Crippen molar-refractivity contribution in [2.45, 2.75) is 13.3 Å². The number of hydrogen-bond donors (Lipinski definition) is 2. The third-order valence-electron chi connectivity index (χ3n) is 0.649. The van der Waals surface area contributed by atoms with Gasteiger partial charge in [0.05, 0.1) is 19.4 Å². The van der Waals surface area contributed by atoms with Crippen LogP contribution in [0.4, 0.5) is 0 Å². The molecule has 0 unspecified atom stereocenters. The summed E-state index contributed by atoms with van der Waals surface area (Å²) in [5.74, 6) is -1.74. The fraction of sp³-hybridized carbons (Fsp3) is 0.429. The Labute approximate surface area is 70.3 Å². The first-order chi connectivity index (χ1) is 5.54. The van der Waals surface area contributed by atoms with Gasteiger partial charge in [-0.05, 0) is 0 Å². The molecule has 0 aromatic heterocycles. The molecule has 2 N–H and O–H groups in total. The number of ether oxygens (including phenoxy) is 1. The van der Waals surface area contributed by atoms with Gasteiger partial charge in [0.25, 0.3) is 0 Å². The van der Waals surface area contributed by atoms with Crippen molar-refractivity contribution in [2.75, 3.05) is 7.11 Å². The lowest BCUT2D eigenvalue weighted by Gasteiger charge is -1.79. The number of carboxylic acid groups (broad SMARTS) is 2. The number of carbonyl (C=O) groups is 2. The molecule has 0 rings (SSSR count). The molecule has 0 heterocycles. The molecule has 70 valence electrons. The Morgan fingerprint density at radius 3 is 1.92 bits per heavy atom. The second-order valence-electron chi connectivity index (χ2n) is 1.62. The van der Waals surface area contributed by atoms with Crippen LogP contribution in [0.1, 0.15) is 13.3 Å². The van der Waals surface area contributed by atoms with Gasteiger partial charge in [-0.1, -0.05) is 6.92 Å². The van der Waals surface area contributed by atoms with Crippen molar-refractivity contribution in [3.05, 3.63) is 12.3 Å². The number of aliphatic carboxylic acids is 2. The molecule has 0 aromatic rings. The van der Waals surface area contributed by atoms with Crippen molar-refractivity contribution in [1.29, 1.82) is 0 Å². The highest BCUT2D eigenvalue weighted by atomic mass is 16.5. The van der Waals surface area contributed by atoms with Crippen molar-refractivity contribution >= 4 is 11.9 Å². The highest BCUT2D eigenvalue weighted by Gasteiger charge is 1.81. The van der Waals surface area contributed by atoms with E-state index < -0.39 is 11.9 Å². The largest absolute Gasteiger partial charge is 0.504 e. The molecule has 0 atom stereocenters. The summed E-state index contributed by atoms with van der Waals surface area (Å²) in [5.41, 5.74) is 0. The molecule has 5 heteroatoms. The summed E-state index contributed by atoms with van der Waals surface area (Å²) in [4.78, 5) is 19.0. The standard InChI is InChI=1S/C4H6O3.C3H6O2/c1-7-3-2-4(5)6;1-2-3(4)5/h2-3H,1H3,(H,5,6);2H2,1H3,(H,4,5). The van der Waals surface area contributed by atoms with E-state index in [1.165, 1.54) is 7.11 Å². The van der Waals surface area contributed by atoms with Crippen LogP contribution in [0.3, 0.4) is 0 Å². The Morgan fingerprint density at radius 1 is 1.42 bits per heavy atom. The summed E-state index contributed by atoms with van der Waals surface area (Å²) < 4.78 is 4.29. The zero-order valence-corrected chi connectivity index (χ0v) is 6.98. The summed E-state index contributed by atoms with van der Waals surface area (Å²) in [6, 6.07) is 0. The molecule has 0 radical (unpaired) electrons. The van der Waals surface area contributed by atoms with Crippen LogP contribution in [0.25, 0.3) is 0 Å². The molecule has 0 aliphatic heterocycles. The molecular formula is C7H12O5. The maximum Gasteiger partial charge on any atom is 0.331 e. The highest BCUT2D eigenvalue weighted by molar-refractivity contribution is 5.79. The van der Waals surface area contributed by atoms with Crippen LogP contribution in [0, 0.1) is 0 Å². The first kappa shape index (κ1) is 13.1. The minimum Gasteiger partial charge on any atom is -0.504 e. The Morgan fingerprint density at radius 2 is 1.83 bits per heavy atom. The summed E-state index contributed by atoms with van der Waals surface area (Å²) in [6.45, 7) is 1.60. The van der Waals surface area contributed by atoms with Gasteiger partial charge >= 0.3 is 11.9 Å². The van der Waals surface area contributed by atoms with Crippen LogP contribution in [0.5, 0.6) is 0 Å². The summed E-state index contributed by atoms with van der Waals surface area (Å²) in [5, 5.41) is 15.6. The Balaban J connectivity index is 0. The minimum absolute atomic E-state index is 0.222. The molecule has 0 saturated heterocycles. The molecule has 0 aliphatic rings. The normalized spacial score (nSPS) is 8.50. The molecule has 0 bridgehead atoms. The Hall–Kier alpha value is -1.52. The van der Waals surface area contributed by atoms with Crippen molar-refractivity contribution in [3.63, 3.8) is 0 Å². The summed E-state index contributed by atoms with van der Waals surface area (Å²) >= 11 is 0. The quantitative estimate of drug-likeness (QED) is 0.488. The topological polar surface area (TPSA) is 83.8 Å². The van der Waals surface area contributed by atoms with E-state index in [-0.39, 0.29) is 6.42 Å². The van der Waals surface area contributed by atoms with Crippen LogP contribution in [-0.4, -0.2) is 29.3 Å². The lowest BCUT2D eigenvalue weighted by Crippen LogP contribution is -1.86. The molecule has 0 aliphatic carbocycles. The molecule has 12 heavy (non-hydrogen) atoms. The fourth-order valence-electron chi connectivity index (χ4n) is 0.126. The Kier molecular flexibility index (Phi) is 10.3. The van der Waals surface area contributed by atoms with Crippen LogP contribution in [0.2, 0.25) is 0 Å². The smallest absolute Gasteiger partial charge is 0.331 e. The summed E-state index contributed by atoms with van der Waals surface area (Å²) in [6.07, 6.45) is 2.24. The maximum absolute atomic E-state index is 9.59. The molecule has 5 nitrogen and oxygen atoms in total. The molecule has 0 spiro atoms. The van der Waals surface area contributed by atoms with Gasteiger partial charge in [0, 0.05) is 6.42 Å². The molecule has 0 aromatic carbocycles. The van der Waals surface area contributed by atoms with Crippen molar-refractivity contribution < 1.29 is 24.5 Å². The zero-order chi connectivity index (χ0) is 9.98. The molecule has 0 amide bonds. The third-order valence-corrected chi connectivity index (χ3v) is 0.649. The average molecular weight is 176 g/mol. The maximum atomic E-state index is 9.59.